The van der Waals surface area contributed by atoms with Crippen molar-refractivity contribution in [2.75, 3.05) is 5.32 Å². The van der Waals surface area contributed by atoms with Crippen LogP contribution in [0.25, 0.3) is 5.69 Å². The molecule has 3 aromatic rings. The van der Waals surface area contributed by atoms with Crippen LogP contribution in [0.15, 0.2) is 67.1 Å². The Hall–Kier alpha value is -3.02. The third-order valence-corrected chi connectivity index (χ3v) is 3.25. The van der Waals surface area contributed by atoms with Crippen LogP contribution in [0.2, 0.25) is 0 Å². The molecule has 0 atom stereocenters. The van der Waals surface area contributed by atoms with Gasteiger partial charge in [-0.3, -0.25) is 9.88 Å². The number of anilines is 1. The molecule has 1 aromatic heterocycles. The molecule has 23 heavy (non-hydrogen) atoms. The van der Waals surface area contributed by atoms with Crippen LogP contribution in [-0.2, 0) is 11.3 Å². The van der Waals surface area contributed by atoms with Crippen LogP contribution in [0.3, 0.4) is 0 Å². The summed E-state index contributed by atoms with van der Waals surface area (Å²) in [7, 11) is 5.68. The Balaban J connectivity index is 1.65. The molecular weight excluding hydrogens is 289 g/mol. The van der Waals surface area contributed by atoms with E-state index in [9.17, 15) is 4.79 Å². The molecule has 1 heterocycles. The zero-order chi connectivity index (χ0) is 16.1. The highest BCUT2D eigenvalue weighted by Crippen LogP contribution is 2.15. The Labute approximate surface area is 135 Å². The highest BCUT2D eigenvalue weighted by atomic mass is 16.5. The van der Waals surface area contributed by atoms with E-state index in [2.05, 4.69) is 10.3 Å². The topological polar surface area (TPSA) is 56.2 Å². The molecule has 3 rings (SSSR count). The molecule has 0 spiro atoms. The van der Waals surface area contributed by atoms with Crippen molar-refractivity contribution in [3.63, 3.8) is 0 Å². The van der Waals surface area contributed by atoms with Gasteiger partial charge in [-0.2, -0.15) is 0 Å². The number of carbonyl (C=O) groups is 1. The number of nitrogens with one attached hydrogen (secondary N) is 1. The van der Waals surface area contributed by atoms with E-state index in [4.69, 9.17) is 12.6 Å². The predicted octanol–water partition coefficient (Wildman–Crippen LogP) is 2.41. The summed E-state index contributed by atoms with van der Waals surface area (Å²) in [4.78, 5) is 16.0. The molecule has 1 amide bonds. The van der Waals surface area contributed by atoms with Crippen molar-refractivity contribution in [1.82, 2.24) is 9.55 Å². The first-order valence-corrected chi connectivity index (χ1v) is 7.08. The predicted molar refractivity (Wildman–Crippen MR) is 89.2 cm³/mol. The second-order valence-corrected chi connectivity index (χ2v) is 4.93. The first kappa shape index (κ1) is 14.9. The van der Waals surface area contributed by atoms with Crippen LogP contribution in [-0.4, -0.2) is 23.5 Å². The lowest BCUT2D eigenvalue weighted by Gasteiger charge is -2.10. The van der Waals surface area contributed by atoms with Gasteiger partial charge in [0.1, 0.15) is 26.6 Å². The number of aromatic nitrogens is 2. The largest absolute Gasteiger partial charge is 0.444 e. The summed E-state index contributed by atoms with van der Waals surface area (Å²) in [5.41, 5.74) is 2.44. The summed E-state index contributed by atoms with van der Waals surface area (Å²) >= 11 is 0. The molecule has 1 N–H and O–H groups in total. The van der Waals surface area contributed by atoms with Crippen LogP contribution in [0.1, 0.15) is 5.56 Å². The Bertz CT molecular complexity index is 785. The van der Waals surface area contributed by atoms with E-state index in [1.807, 2.05) is 42.5 Å². The Kier molecular flexibility index (Phi) is 4.43. The average Bonchev–Trinajstić information content (AvgIpc) is 3.03. The summed E-state index contributed by atoms with van der Waals surface area (Å²) in [5.74, 6) is 0.521. The van der Waals surface area contributed by atoms with Gasteiger partial charge in [-0.25, -0.2) is 9.78 Å². The molecule has 0 bridgehead atoms. The maximum absolute atomic E-state index is 11.9. The van der Waals surface area contributed by atoms with Gasteiger partial charge in [0, 0.05) is 5.69 Å². The molecule has 0 saturated heterocycles. The Morgan fingerprint density at radius 1 is 1.13 bits per heavy atom. The maximum atomic E-state index is 11.9. The molecule has 6 heteroatoms. The number of imidazole rings is 1. The molecule has 0 fully saturated rings. The average molecular weight is 303 g/mol. The summed E-state index contributed by atoms with van der Waals surface area (Å²) < 4.78 is 6.94. The molecule has 0 aliphatic heterocycles. The van der Waals surface area contributed by atoms with Crippen molar-refractivity contribution in [3.8, 4) is 5.69 Å². The number of rotatable bonds is 4. The van der Waals surface area contributed by atoms with Gasteiger partial charge in [0.05, 0.1) is 6.20 Å². The zero-order valence-corrected chi connectivity index (χ0v) is 12.3. The SMILES string of the molecule is [B]c1ccc(-n2cncc2NC(=O)OCc2ccccc2)cc1. The molecule has 0 aliphatic carbocycles. The minimum atomic E-state index is -0.536. The molecule has 0 unspecified atom stereocenters. The van der Waals surface area contributed by atoms with Crippen LogP contribution in [0.4, 0.5) is 10.6 Å². The van der Waals surface area contributed by atoms with Crippen LogP contribution < -0.4 is 10.8 Å². The number of carbonyl (C=O) groups excluding carboxylic acids is 1. The van der Waals surface area contributed by atoms with Gasteiger partial charge < -0.3 is 4.74 Å². The molecule has 0 saturated carbocycles. The standard InChI is InChI=1S/C17H14BN3O2/c18-14-6-8-15(9-7-14)21-12-19-10-16(21)20-17(22)23-11-13-4-2-1-3-5-13/h1-10,12H,11H2,(H,20,22). The van der Waals surface area contributed by atoms with Gasteiger partial charge in [0.25, 0.3) is 0 Å². The lowest BCUT2D eigenvalue weighted by atomic mass is 9.96. The molecule has 112 valence electrons. The van der Waals surface area contributed by atoms with Crippen LogP contribution >= 0.6 is 0 Å². The lowest BCUT2D eigenvalue weighted by molar-refractivity contribution is 0.155. The van der Waals surface area contributed by atoms with Gasteiger partial charge in [-0.1, -0.05) is 47.9 Å². The summed E-state index contributed by atoms with van der Waals surface area (Å²) in [6.45, 7) is 0.211. The van der Waals surface area contributed by atoms with Crippen molar-refractivity contribution in [2.45, 2.75) is 6.61 Å². The summed E-state index contributed by atoms with van der Waals surface area (Å²) in [6.07, 6.45) is 2.63. The Morgan fingerprint density at radius 3 is 2.61 bits per heavy atom. The molecule has 2 aromatic carbocycles. The van der Waals surface area contributed by atoms with E-state index >= 15 is 0 Å². The van der Waals surface area contributed by atoms with Crippen molar-refractivity contribution in [1.29, 1.82) is 0 Å². The maximum Gasteiger partial charge on any atom is 0.413 e. The van der Waals surface area contributed by atoms with E-state index in [-0.39, 0.29) is 6.61 Å². The van der Waals surface area contributed by atoms with Crippen LogP contribution in [0, 0.1) is 0 Å². The number of ether oxygens (including phenoxy) is 1. The fourth-order valence-corrected chi connectivity index (χ4v) is 2.09. The van der Waals surface area contributed by atoms with Crippen molar-refractivity contribution in [2.24, 2.45) is 0 Å². The van der Waals surface area contributed by atoms with Gasteiger partial charge in [-0.15, -0.1) is 0 Å². The van der Waals surface area contributed by atoms with E-state index in [0.29, 0.717) is 11.3 Å². The number of hydrogen-bond donors (Lipinski definition) is 1. The number of amides is 1. The minimum Gasteiger partial charge on any atom is -0.444 e. The number of hydrogen-bond acceptors (Lipinski definition) is 3. The molecular formula is C17H14BN3O2. The normalized spacial score (nSPS) is 10.3. The molecule has 5 nitrogen and oxygen atoms in total. The first-order chi connectivity index (χ1) is 11.2. The van der Waals surface area contributed by atoms with E-state index in [0.717, 1.165) is 11.3 Å². The zero-order valence-electron chi connectivity index (χ0n) is 12.3. The monoisotopic (exact) mass is 303 g/mol. The van der Waals surface area contributed by atoms with Crippen molar-refractivity contribution in [3.05, 3.63) is 72.7 Å². The van der Waals surface area contributed by atoms with Crippen molar-refractivity contribution < 1.29 is 9.53 Å². The second kappa shape index (κ2) is 6.83. The third-order valence-electron chi connectivity index (χ3n) is 3.25. The number of benzene rings is 2. The molecule has 2 radical (unpaired) electrons. The van der Waals surface area contributed by atoms with Gasteiger partial charge in [0.2, 0.25) is 0 Å². The summed E-state index contributed by atoms with van der Waals surface area (Å²) in [6, 6.07) is 16.8. The smallest absolute Gasteiger partial charge is 0.413 e. The number of nitrogens with zero attached hydrogens (tertiary/aromatic N) is 2. The lowest BCUT2D eigenvalue weighted by Crippen LogP contribution is -2.16. The fourth-order valence-electron chi connectivity index (χ4n) is 2.09. The van der Waals surface area contributed by atoms with Crippen molar-refractivity contribution >= 4 is 25.2 Å². The molecule has 0 aliphatic rings. The summed E-state index contributed by atoms with van der Waals surface area (Å²) in [5, 5.41) is 2.68. The fraction of sp³-hybridized carbons (Fsp3) is 0.0588. The van der Waals surface area contributed by atoms with Gasteiger partial charge in [0.15, 0.2) is 0 Å². The van der Waals surface area contributed by atoms with E-state index < -0.39 is 6.09 Å². The van der Waals surface area contributed by atoms with Crippen LogP contribution in [0.5, 0.6) is 0 Å². The van der Waals surface area contributed by atoms with Gasteiger partial charge in [-0.05, 0) is 17.7 Å². The van der Waals surface area contributed by atoms with E-state index in [1.54, 1.807) is 29.2 Å². The minimum absolute atomic E-state index is 0.211. The Morgan fingerprint density at radius 2 is 1.87 bits per heavy atom. The highest BCUT2D eigenvalue weighted by molar-refractivity contribution is 6.32. The first-order valence-electron chi connectivity index (χ1n) is 7.08. The highest BCUT2D eigenvalue weighted by Gasteiger charge is 2.09. The van der Waals surface area contributed by atoms with E-state index in [1.165, 1.54) is 0 Å². The third kappa shape index (κ3) is 3.80. The van der Waals surface area contributed by atoms with Gasteiger partial charge >= 0.3 is 6.09 Å². The quantitative estimate of drug-likeness (QED) is 0.753. The second-order valence-electron chi connectivity index (χ2n) is 4.93.